The van der Waals surface area contributed by atoms with Gasteiger partial charge in [-0.1, -0.05) is 50.2 Å². The van der Waals surface area contributed by atoms with Crippen LogP contribution in [-0.4, -0.2) is 23.9 Å². The molecule has 3 rings (SSSR count). The highest BCUT2D eigenvalue weighted by molar-refractivity contribution is 5.95. The summed E-state index contributed by atoms with van der Waals surface area (Å²) in [6, 6.07) is 17.5. The SMILES string of the molecule is CC1(C)CN(C(=O)c2cccc(OCc3ccccc3)c2)C1. The molecule has 1 aliphatic heterocycles. The van der Waals surface area contributed by atoms with Crippen LogP contribution in [0, 0.1) is 5.41 Å². The Balaban J connectivity index is 1.64. The van der Waals surface area contributed by atoms with Gasteiger partial charge < -0.3 is 9.64 Å². The van der Waals surface area contributed by atoms with Crippen molar-refractivity contribution in [1.29, 1.82) is 0 Å². The lowest BCUT2D eigenvalue weighted by atomic mass is 9.84. The van der Waals surface area contributed by atoms with E-state index in [-0.39, 0.29) is 11.3 Å². The Bertz CT molecular complexity index is 656. The molecule has 1 amide bonds. The van der Waals surface area contributed by atoms with Gasteiger partial charge in [0.25, 0.3) is 5.91 Å². The van der Waals surface area contributed by atoms with Crippen molar-refractivity contribution in [3.8, 4) is 5.75 Å². The molecule has 1 saturated heterocycles. The number of likely N-dealkylation sites (tertiary alicyclic amines) is 1. The monoisotopic (exact) mass is 295 g/mol. The lowest BCUT2D eigenvalue weighted by Crippen LogP contribution is -2.55. The number of nitrogens with zero attached hydrogens (tertiary/aromatic N) is 1. The molecule has 0 unspecified atom stereocenters. The van der Waals surface area contributed by atoms with Crippen LogP contribution in [0.15, 0.2) is 54.6 Å². The van der Waals surface area contributed by atoms with Crippen molar-refractivity contribution in [3.63, 3.8) is 0 Å². The molecule has 0 radical (unpaired) electrons. The summed E-state index contributed by atoms with van der Waals surface area (Å²) in [7, 11) is 0. The molecule has 1 aliphatic rings. The third-order valence-corrected chi connectivity index (χ3v) is 3.85. The van der Waals surface area contributed by atoms with Crippen LogP contribution in [0.2, 0.25) is 0 Å². The van der Waals surface area contributed by atoms with E-state index in [1.54, 1.807) is 0 Å². The molecule has 2 aromatic carbocycles. The molecular weight excluding hydrogens is 274 g/mol. The van der Waals surface area contributed by atoms with Gasteiger partial charge in [-0.15, -0.1) is 0 Å². The van der Waals surface area contributed by atoms with Gasteiger partial charge in [0.15, 0.2) is 0 Å². The zero-order valence-corrected chi connectivity index (χ0v) is 13.1. The van der Waals surface area contributed by atoms with E-state index in [1.165, 1.54) is 0 Å². The van der Waals surface area contributed by atoms with Gasteiger partial charge in [0.05, 0.1) is 0 Å². The fourth-order valence-corrected chi connectivity index (χ4v) is 2.77. The van der Waals surface area contributed by atoms with Gasteiger partial charge in [-0.05, 0) is 29.2 Å². The number of hydrogen-bond donors (Lipinski definition) is 0. The quantitative estimate of drug-likeness (QED) is 0.860. The average molecular weight is 295 g/mol. The zero-order valence-electron chi connectivity index (χ0n) is 13.1. The van der Waals surface area contributed by atoms with Crippen molar-refractivity contribution in [2.24, 2.45) is 5.41 Å². The highest BCUT2D eigenvalue weighted by Gasteiger charge is 2.37. The van der Waals surface area contributed by atoms with E-state index in [4.69, 9.17) is 4.74 Å². The Morgan fingerprint density at radius 2 is 1.82 bits per heavy atom. The van der Waals surface area contributed by atoms with E-state index < -0.39 is 0 Å². The zero-order chi connectivity index (χ0) is 15.6. The molecule has 0 N–H and O–H groups in total. The van der Waals surface area contributed by atoms with Crippen LogP contribution in [-0.2, 0) is 6.61 Å². The Labute approximate surface area is 131 Å². The second kappa shape index (κ2) is 5.84. The fraction of sp³-hybridized carbons (Fsp3) is 0.316. The number of benzene rings is 2. The fourth-order valence-electron chi connectivity index (χ4n) is 2.77. The number of rotatable bonds is 4. The van der Waals surface area contributed by atoms with E-state index in [0.29, 0.717) is 12.2 Å². The number of hydrogen-bond acceptors (Lipinski definition) is 2. The third-order valence-electron chi connectivity index (χ3n) is 3.85. The van der Waals surface area contributed by atoms with E-state index in [0.717, 1.165) is 24.4 Å². The summed E-state index contributed by atoms with van der Waals surface area (Å²) in [6.07, 6.45) is 0. The van der Waals surface area contributed by atoms with Crippen molar-refractivity contribution in [1.82, 2.24) is 4.90 Å². The molecule has 2 aromatic rings. The normalized spacial score (nSPS) is 16.0. The summed E-state index contributed by atoms with van der Waals surface area (Å²) in [5.74, 6) is 0.818. The van der Waals surface area contributed by atoms with E-state index in [2.05, 4.69) is 13.8 Å². The van der Waals surface area contributed by atoms with Crippen molar-refractivity contribution < 1.29 is 9.53 Å². The molecule has 0 saturated carbocycles. The lowest BCUT2D eigenvalue weighted by molar-refractivity contribution is 0.0236. The number of ether oxygens (including phenoxy) is 1. The highest BCUT2D eigenvalue weighted by atomic mass is 16.5. The van der Waals surface area contributed by atoms with Crippen LogP contribution in [0.5, 0.6) is 5.75 Å². The second-order valence-corrected chi connectivity index (χ2v) is 6.63. The van der Waals surface area contributed by atoms with Gasteiger partial charge in [-0.3, -0.25) is 4.79 Å². The van der Waals surface area contributed by atoms with Gasteiger partial charge in [-0.2, -0.15) is 0 Å². The third kappa shape index (κ3) is 3.30. The van der Waals surface area contributed by atoms with Gasteiger partial charge in [0.1, 0.15) is 12.4 Å². The number of carbonyl (C=O) groups is 1. The molecule has 1 heterocycles. The lowest BCUT2D eigenvalue weighted by Gasteiger charge is -2.45. The molecule has 0 bridgehead atoms. The van der Waals surface area contributed by atoms with Crippen LogP contribution in [0.1, 0.15) is 29.8 Å². The van der Waals surface area contributed by atoms with Crippen LogP contribution >= 0.6 is 0 Å². The molecular formula is C19H21NO2. The van der Waals surface area contributed by atoms with Crippen LogP contribution < -0.4 is 4.74 Å². The first-order valence-electron chi connectivity index (χ1n) is 7.60. The van der Waals surface area contributed by atoms with Gasteiger partial charge in [0, 0.05) is 18.7 Å². The van der Waals surface area contributed by atoms with Crippen LogP contribution in [0.4, 0.5) is 0 Å². The average Bonchev–Trinajstić information content (AvgIpc) is 2.51. The maximum absolute atomic E-state index is 12.4. The topological polar surface area (TPSA) is 29.5 Å². The van der Waals surface area contributed by atoms with E-state index in [9.17, 15) is 4.79 Å². The summed E-state index contributed by atoms with van der Waals surface area (Å²) in [5, 5.41) is 0. The minimum atomic E-state index is 0.0875. The van der Waals surface area contributed by atoms with Gasteiger partial charge >= 0.3 is 0 Å². The minimum absolute atomic E-state index is 0.0875. The molecule has 114 valence electrons. The minimum Gasteiger partial charge on any atom is -0.489 e. The first kappa shape index (κ1) is 14.6. The number of carbonyl (C=O) groups excluding carboxylic acids is 1. The summed E-state index contributed by atoms with van der Waals surface area (Å²) in [5.41, 5.74) is 2.06. The van der Waals surface area contributed by atoms with E-state index >= 15 is 0 Å². The Hall–Kier alpha value is -2.29. The summed E-state index contributed by atoms with van der Waals surface area (Å²) in [6.45, 7) is 6.50. The standard InChI is InChI=1S/C19H21NO2/c1-19(2)13-20(14-19)18(21)16-9-6-10-17(11-16)22-12-15-7-4-3-5-8-15/h3-11H,12-14H2,1-2H3. The summed E-state index contributed by atoms with van der Waals surface area (Å²) < 4.78 is 5.78. The molecule has 0 spiro atoms. The van der Waals surface area contributed by atoms with Gasteiger partial charge in [0.2, 0.25) is 0 Å². The predicted molar refractivity (Wildman–Crippen MR) is 86.9 cm³/mol. The molecule has 0 aromatic heterocycles. The van der Waals surface area contributed by atoms with Crippen molar-refractivity contribution in [2.45, 2.75) is 20.5 Å². The molecule has 0 aliphatic carbocycles. The Morgan fingerprint density at radius 3 is 2.50 bits per heavy atom. The first-order chi connectivity index (χ1) is 10.5. The van der Waals surface area contributed by atoms with Crippen molar-refractivity contribution in [3.05, 3.63) is 65.7 Å². The molecule has 3 nitrogen and oxygen atoms in total. The molecule has 0 atom stereocenters. The smallest absolute Gasteiger partial charge is 0.254 e. The summed E-state index contributed by atoms with van der Waals surface area (Å²) in [4.78, 5) is 14.3. The molecule has 22 heavy (non-hydrogen) atoms. The van der Waals surface area contributed by atoms with Crippen LogP contribution in [0.3, 0.4) is 0 Å². The Kier molecular flexibility index (Phi) is 3.88. The Morgan fingerprint density at radius 1 is 1.09 bits per heavy atom. The molecule has 1 fully saturated rings. The van der Waals surface area contributed by atoms with Crippen molar-refractivity contribution >= 4 is 5.91 Å². The predicted octanol–water partition coefficient (Wildman–Crippen LogP) is 3.75. The van der Waals surface area contributed by atoms with Crippen molar-refractivity contribution in [2.75, 3.05) is 13.1 Å². The highest BCUT2D eigenvalue weighted by Crippen LogP contribution is 2.30. The van der Waals surface area contributed by atoms with E-state index in [1.807, 2.05) is 59.5 Å². The maximum atomic E-state index is 12.4. The summed E-state index contributed by atoms with van der Waals surface area (Å²) >= 11 is 0. The van der Waals surface area contributed by atoms with Gasteiger partial charge in [-0.25, -0.2) is 0 Å². The largest absolute Gasteiger partial charge is 0.489 e. The molecule has 3 heteroatoms. The second-order valence-electron chi connectivity index (χ2n) is 6.63. The number of amides is 1. The van der Waals surface area contributed by atoms with Crippen LogP contribution in [0.25, 0.3) is 0 Å². The first-order valence-corrected chi connectivity index (χ1v) is 7.60. The maximum Gasteiger partial charge on any atom is 0.254 e.